The fraction of sp³-hybridized carbons (Fsp3) is 0.300. The lowest BCUT2D eigenvalue weighted by atomic mass is 10.0. The molecule has 1 unspecified atom stereocenters. The lowest BCUT2D eigenvalue weighted by molar-refractivity contribution is -0.123. The first-order valence-electron chi connectivity index (χ1n) is 8.66. The van der Waals surface area contributed by atoms with Crippen LogP contribution in [-0.2, 0) is 11.2 Å². The molecule has 2 aromatic rings. The number of carbonyl (C=O) groups excluding carboxylic acids is 2. The molecule has 1 atom stereocenters. The Kier molecular flexibility index (Phi) is 8.85. The number of carbonyl (C=O) groups is 2. The van der Waals surface area contributed by atoms with E-state index in [1.165, 1.54) is 6.07 Å². The van der Waals surface area contributed by atoms with Crippen molar-refractivity contribution in [1.29, 1.82) is 0 Å². The summed E-state index contributed by atoms with van der Waals surface area (Å²) in [5, 5.41) is 5.16. The van der Waals surface area contributed by atoms with E-state index in [2.05, 4.69) is 10.6 Å². The van der Waals surface area contributed by atoms with Crippen molar-refractivity contribution in [3.05, 3.63) is 65.2 Å². The van der Waals surface area contributed by atoms with E-state index < -0.39 is 35.1 Å². The number of hydrogen-bond acceptors (Lipinski definition) is 3. The number of nitrogen functional groups attached to an aromatic ring is 1. The van der Waals surface area contributed by atoms with Gasteiger partial charge in [-0.25, -0.2) is 8.78 Å². The number of nitrogens with two attached hydrogens (primary N) is 1. The molecule has 28 heavy (non-hydrogen) atoms. The van der Waals surface area contributed by atoms with E-state index in [1.807, 2.05) is 12.1 Å². The molecule has 8 heteroatoms. The standard InChI is InChI=1S/C20H23F2N3O2.ClH/c1-12(2)18(25-19(26)17-15(21)4-3-5-16(17)22)20(27)24-11-10-13-6-8-14(23)9-7-13;/h3-9,12,18H,10-11,23H2,1-2H3,(H,24,27)(H,25,26);1H. The van der Waals surface area contributed by atoms with E-state index in [9.17, 15) is 18.4 Å². The molecule has 2 aromatic carbocycles. The van der Waals surface area contributed by atoms with Crippen LogP contribution in [0.25, 0.3) is 0 Å². The zero-order valence-corrected chi connectivity index (χ0v) is 16.5. The van der Waals surface area contributed by atoms with Gasteiger partial charge in [-0.3, -0.25) is 9.59 Å². The highest BCUT2D eigenvalue weighted by Crippen LogP contribution is 2.13. The van der Waals surface area contributed by atoms with Crippen LogP contribution in [0.3, 0.4) is 0 Å². The van der Waals surface area contributed by atoms with Crippen LogP contribution >= 0.6 is 12.4 Å². The van der Waals surface area contributed by atoms with Gasteiger partial charge < -0.3 is 16.4 Å². The topological polar surface area (TPSA) is 84.2 Å². The molecule has 4 N–H and O–H groups in total. The monoisotopic (exact) mass is 411 g/mol. The maximum Gasteiger partial charge on any atom is 0.257 e. The van der Waals surface area contributed by atoms with Gasteiger partial charge in [0.25, 0.3) is 5.91 Å². The SMILES string of the molecule is CC(C)C(NC(=O)c1c(F)cccc1F)C(=O)NCCc1ccc(N)cc1.Cl. The molecule has 0 saturated heterocycles. The van der Waals surface area contributed by atoms with Gasteiger partial charge in [0.15, 0.2) is 0 Å². The van der Waals surface area contributed by atoms with Gasteiger partial charge in [-0.05, 0) is 42.2 Å². The Morgan fingerprint density at radius 1 is 1.04 bits per heavy atom. The molecule has 0 bridgehead atoms. The summed E-state index contributed by atoms with van der Waals surface area (Å²) >= 11 is 0. The van der Waals surface area contributed by atoms with E-state index in [1.54, 1.807) is 26.0 Å². The van der Waals surface area contributed by atoms with Crippen molar-refractivity contribution in [1.82, 2.24) is 10.6 Å². The van der Waals surface area contributed by atoms with E-state index in [-0.39, 0.29) is 18.3 Å². The highest BCUT2D eigenvalue weighted by molar-refractivity contribution is 5.98. The maximum atomic E-state index is 13.8. The minimum Gasteiger partial charge on any atom is -0.399 e. The summed E-state index contributed by atoms with van der Waals surface area (Å²) in [4.78, 5) is 24.7. The lowest BCUT2D eigenvalue weighted by Gasteiger charge is -2.22. The highest BCUT2D eigenvalue weighted by atomic mass is 35.5. The number of anilines is 1. The van der Waals surface area contributed by atoms with Crippen LogP contribution < -0.4 is 16.4 Å². The third-order valence-corrected chi connectivity index (χ3v) is 4.12. The molecule has 0 heterocycles. The largest absolute Gasteiger partial charge is 0.399 e. The Balaban J connectivity index is 0.00000392. The smallest absolute Gasteiger partial charge is 0.257 e. The Morgan fingerprint density at radius 2 is 1.61 bits per heavy atom. The van der Waals surface area contributed by atoms with Crippen LogP contribution in [0.4, 0.5) is 14.5 Å². The Hall–Kier alpha value is -2.67. The molecule has 0 spiro atoms. The molecule has 0 aliphatic carbocycles. The van der Waals surface area contributed by atoms with E-state index in [4.69, 9.17) is 5.73 Å². The van der Waals surface area contributed by atoms with Crippen molar-refractivity contribution < 1.29 is 18.4 Å². The summed E-state index contributed by atoms with van der Waals surface area (Å²) in [5.41, 5.74) is 6.59. The van der Waals surface area contributed by atoms with Crippen molar-refractivity contribution >= 4 is 29.9 Å². The number of halogens is 3. The van der Waals surface area contributed by atoms with Crippen LogP contribution in [0.2, 0.25) is 0 Å². The maximum absolute atomic E-state index is 13.8. The van der Waals surface area contributed by atoms with Gasteiger partial charge in [-0.1, -0.05) is 32.0 Å². The van der Waals surface area contributed by atoms with Gasteiger partial charge in [0, 0.05) is 12.2 Å². The predicted molar refractivity (Wildman–Crippen MR) is 107 cm³/mol. The molecule has 0 aliphatic heterocycles. The fourth-order valence-electron chi connectivity index (χ4n) is 2.59. The van der Waals surface area contributed by atoms with Crippen molar-refractivity contribution in [3.63, 3.8) is 0 Å². The fourth-order valence-corrected chi connectivity index (χ4v) is 2.59. The van der Waals surface area contributed by atoms with Crippen molar-refractivity contribution in [3.8, 4) is 0 Å². The average molecular weight is 412 g/mol. The molecule has 5 nitrogen and oxygen atoms in total. The number of benzene rings is 2. The van der Waals surface area contributed by atoms with Crippen LogP contribution in [0, 0.1) is 17.6 Å². The summed E-state index contributed by atoms with van der Waals surface area (Å²) in [7, 11) is 0. The quantitative estimate of drug-likeness (QED) is 0.612. The zero-order chi connectivity index (χ0) is 20.0. The van der Waals surface area contributed by atoms with E-state index in [0.717, 1.165) is 17.7 Å². The predicted octanol–water partition coefficient (Wildman–Crippen LogP) is 3.08. The second-order valence-electron chi connectivity index (χ2n) is 6.57. The molecule has 2 rings (SSSR count). The number of hydrogen-bond donors (Lipinski definition) is 3. The summed E-state index contributed by atoms with van der Waals surface area (Å²) in [6.45, 7) is 3.83. The van der Waals surface area contributed by atoms with E-state index in [0.29, 0.717) is 18.7 Å². The molecular weight excluding hydrogens is 388 g/mol. The number of nitrogens with one attached hydrogen (secondary N) is 2. The molecule has 0 aliphatic rings. The zero-order valence-electron chi connectivity index (χ0n) is 15.7. The third-order valence-electron chi connectivity index (χ3n) is 4.12. The molecule has 0 fully saturated rings. The number of rotatable bonds is 7. The Morgan fingerprint density at radius 3 is 2.14 bits per heavy atom. The minimum atomic E-state index is -0.973. The van der Waals surface area contributed by atoms with Crippen LogP contribution in [-0.4, -0.2) is 24.4 Å². The van der Waals surface area contributed by atoms with Gasteiger partial charge in [0.1, 0.15) is 23.2 Å². The van der Waals surface area contributed by atoms with Gasteiger partial charge >= 0.3 is 0 Å². The van der Waals surface area contributed by atoms with Crippen LogP contribution in [0.1, 0.15) is 29.8 Å². The molecule has 0 radical (unpaired) electrons. The van der Waals surface area contributed by atoms with Gasteiger partial charge in [0.2, 0.25) is 5.91 Å². The van der Waals surface area contributed by atoms with Gasteiger partial charge in [-0.2, -0.15) is 0 Å². The minimum absolute atomic E-state index is 0. The lowest BCUT2D eigenvalue weighted by Crippen LogP contribution is -2.50. The van der Waals surface area contributed by atoms with Crippen molar-refractivity contribution in [2.75, 3.05) is 12.3 Å². The molecule has 152 valence electrons. The first-order chi connectivity index (χ1) is 12.8. The average Bonchev–Trinajstić information content (AvgIpc) is 2.60. The summed E-state index contributed by atoms with van der Waals surface area (Å²) < 4.78 is 27.5. The third kappa shape index (κ3) is 6.20. The second-order valence-corrected chi connectivity index (χ2v) is 6.57. The van der Waals surface area contributed by atoms with Crippen LogP contribution in [0.15, 0.2) is 42.5 Å². The van der Waals surface area contributed by atoms with E-state index >= 15 is 0 Å². The first kappa shape index (κ1) is 23.4. The molecule has 0 saturated carbocycles. The van der Waals surface area contributed by atoms with Crippen LogP contribution in [0.5, 0.6) is 0 Å². The second kappa shape index (κ2) is 10.6. The van der Waals surface area contributed by atoms with Crippen molar-refractivity contribution in [2.45, 2.75) is 26.3 Å². The van der Waals surface area contributed by atoms with Crippen molar-refractivity contribution in [2.24, 2.45) is 5.92 Å². The highest BCUT2D eigenvalue weighted by Gasteiger charge is 2.27. The summed E-state index contributed by atoms with van der Waals surface area (Å²) in [6.07, 6.45) is 0.590. The van der Waals surface area contributed by atoms with Gasteiger partial charge in [0.05, 0.1) is 0 Å². The molecule has 0 aromatic heterocycles. The summed E-state index contributed by atoms with van der Waals surface area (Å²) in [6, 6.07) is 9.53. The molecule has 2 amide bonds. The first-order valence-corrected chi connectivity index (χ1v) is 8.66. The summed E-state index contributed by atoms with van der Waals surface area (Å²) in [5.74, 6) is -3.58. The number of amides is 2. The van der Waals surface area contributed by atoms with Gasteiger partial charge in [-0.15, -0.1) is 12.4 Å². The Labute approximate surface area is 169 Å². The Bertz CT molecular complexity index is 793. The normalized spacial score (nSPS) is 11.5. The molecular formula is C20H24ClF2N3O2.